The monoisotopic (exact) mass is 253 g/mol. The highest BCUT2D eigenvalue weighted by molar-refractivity contribution is 7.99. The van der Waals surface area contributed by atoms with E-state index < -0.39 is 0 Å². The lowest BCUT2D eigenvalue weighted by Crippen LogP contribution is -2.25. The van der Waals surface area contributed by atoms with Crippen molar-refractivity contribution in [1.29, 1.82) is 0 Å². The van der Waals surface area contributed by atoms with Crippen molar-refractivity contribution in [1.82, 2.24) is 0 Å². The Bertz CT molecular complexity index is 361. The van der Waals surface area contributed by atoms with Gasteiger partial charge in [0.25, 0.3) is 0 Å². The van der Waals surface area contributed by atoms with Crippen molar-refractivity contribution in [3.63, 3.8) is 0 Å². The minimum absolute atomic E-state index is 0.539. The van der Waals surface area contributed by atoms with E-state index in [2.05, 4.69) is 12.2 Å². The molecule has 0 amide bonds. The summed E-state index contributed by atoms with van der Waals surface area (Å²) in [4.78, 5) is 0. The molecule has 1 aromatic rings. The molecule has 0 bridgehead atoms. The summed E-state index contributed by atoms with van der Waals surface area (Å²) in [6.45, 7) is 2.29. The Balaban J connectivity index is 2.14. The molecule has 1 saturated heterocycles. The fraction of sp³-hybridized carbons (Fsp3) is 0.538. The normalized spacial score (nSPS) is 23.5. The minimum Gasteiger partial charge on any atom is -0.497 e. The molecule has 3 nitrogen and oxygen atoms in total. The summed E-state index contributed by atoms with van der Waals surface area (Å²) in [6, 6.07) is 6.45. The van der Waals surface area contributed by atoms with Gasteiger partial charge >= 0.3 is 0 Å². The summed E-state index contributed by atoms with van der Waals surface area (Å²) >= 11 is 2.00. The van der Waals surface area contributed by atoms with Crippen molar-refractivity contribution < 1.29 is 9.47 Å². The van der Waals surface area contributed by atoms with Crippen LogP contribution in [-0.2, 0) is 0 Å². The summed E-state index contributed by atoms with van der Waals surface area (Å²) in [5.41, 5.74) is 1.07. The van der Waals surface area contributed by atoms with Gasteiger partial charge in [0.15, 0.2) is 0 Å². The van der Waals surface area contributed by atoms with Crippen molar-refractivity contribution in [3.8, 4) is 11.5 Å². The summed E-state index contributed by atoms with van der Waals surface area (Å²) in [7, 11) is 3.35. The van der Waals surface area contributed by atoms with Crippen LogP contribution in [0.3, 0.4) is 0 Å². The molecule has 2 rings (SSSR count). The van der Waals surface area contributed by atoms with Crippen LogP contribution >= 0.6 is 11.8 Å². The second-order valence-electron chi connectivity index (χ2n) is 4.37. The molecule has 94 valence electrons. The number of benzene rings is 1. The molecular weight excluding hydrogens is 234 g/mol. The number of hydrogen-bond acceptors (Lipinski definition) is 4. The minimum atomic E-state index is 0.539. The zero-order valence-electron chi connectivity index (χ0n) is 10.5. The Labute approximate surface area is 107 Å². The van der Waals surface area contributed by atoms with Crippen LogP contribution in [0, 0.1) is 5.92 Å². The number of hydrogen-bond donors (Lipinski definition) is 1. The number of nitrogens with one attached hydrogen (secondary N) is 1. The predicted octanol–water partition coefficient (Wildman–Crippen LogP) is 2.87. The van der Waals surface area contributed by atoms with Gasteiger partial charge in [-0.05, 0) is 11.7 Å². The molecule has 2 atom stereocenters. The van der Waals surface area contributed by atoms with E-state index in [-0.39, 0.29) is 0 Å². The number of ether oxygens (including phenoxy) is 2. The van der Waals surface area contributed by atoms with E-state index in [0.717, 1.165) is 17.2 Å². The molecule has 1 N–H and O–H groups in total. The third kappa shape index (κ3) is 3.00. The van der Waals surface area contributed by atoms with Crippen LogP contribution in [-0.4, -0.2) is 31.8 Å². The van der Waals surface area contributed by atoms with Gasteiger partial charge in [-0.2, -0.15) is 11.8 Å². The van der Waals surface area contributed by atoms with Crippen molar-refractivity contribution in [2.24, 2.45) is 5.92 Å². The van der Waals surface area contributed by atoms with Crippen LogP contribution < -0.4 is 14.8 Å². The third-order valence-electron chi connectivity index (χ3n) is 3.07. The first kappa shape index (κ1) is 12.4. The number of methoxy groups -OCH3 is 2. The second-order valence-corrected chi connectivity index (χ2v) is 5.44. The Morgan fingerprint density at radius 2 is 1.76 bits per heavy atom. The summed E-state index contributed by atoms with van der Waals surface area (Å²) in [6.07, 6.45) is 0. The van der Waals surface area contributed by atoms with E-state index in [1.165, 1.54) is 11.5 Å². The fourth-order valence-corrected chi connectivity index (χ4v) is 3.36. The second kappa shape index (κ2) is 5.54. The van der Waals surface area contributed by atoms with Crippen LogP contribution in [0.25, 0.3) is 0 Å². The number of anilines is 1. The molecule has 4 heteroatoms. The van der Waals surface area contributed by atoms with E-state index >= 15 is 0 Å². The Hall–Kier alpha value is -1.03. The molecule has 1 fully saturated rings. The molecular formula is C13H19NO2S. The highest BCUT2D eigenvalue weighted by Crippen LogP contribution is 2.30. The maximum Gasteiger partial charge on any atom is 0.124 e. The third-order valence-corrected chi connectivity index (χ3v) is 4.42. The van der Waals surface area contributed by atoms with Crippen molar-refractivity contribution in [2.75, 3.05) is 31.0 Å². The SMILES string of the molecule is COc1cc(NC2CSCC2C)cc(OC)c1. The zero-order chi connectivity index (χ0) is 12.3. The molecule has 0 saturated carbocycles. The lowest BCUT2D eigenvalue weighted by molar-refractivity contribution is 0.394. The molecule has 0 radical (unpaired) electrons. The quantitative estimate of drug-likeness (QED) is 0.894. The maximum atomic E-state index is 5.26. The number of rotatable bonds is 4. The van der Waals surface area contributed by atoms with Crippen LogP contribution in [0.4, 0.5) is 5.69 Å². The van der Waals surface area contributed by atoms with Gasteiger partial charge < -0.3 is 14.8 Å². The Kier molecular flexibility index (Phi) is 4.05. The molecule has 17 heavy (non-hydrogen) atoms. The topological polar surface area (TPSA) is 30.5 Å². The first-order valence-electron chi connectivity index (χ1n) is 5.80. The largest absolute Gasteiger partial charge is 0.497 e. The van der Waals surface area contributed by atoms with E-state index in [1.807, 2.05) is 30.0 Å². The average molecular weight is 253 g/mol. The highest BCUT2D eigenvalue weighted by Gasteiger charge is 2.23. The maximum absolute atomic E-state index is 5.26. The zero-order valence-corrected chi connectivity index (χ0v) is 11.3. The lowest BCUT2D eigenvalue weighted by atomic mass is 10.1. The summed E-state index contributed by atoms with van der Waals surface area (Å²) in [5.74, 6) is 4.76. The van der Waals surface area contributed by atoms with Crippen LogP contribution in [0.5, 0.6) is 11.5 Å². The lowest BCUT2D eigenvalue weighted by Gasteiger charge is -2.19. The molecule has 1 aromatic carbocycles. The van der Waals surface area contributed by atoms with Crippen LogP contribution in [0.2, 0.25) is 0 Å². The van der Waals surface area contributed by atoms with Gasteiger partial charge in [0.2, 0.25) is 0 Å². The van der Waals surface area contributed by atoms with Gasteiger partial charge in [-0.1, -0.05) is 6.92 Å². The van der Waals surface area contributed by atoms with Crippen molar-refractivity contribution in [2.45, 2.75) is 13.0 Å². The fourth-order valence-electron chi connectivity index (χ4n) is 1.95. The standard InChI is InChI=1S/C13H19NO2S/c1-9-7-17-8-13(9)14-10-4-11(15-2)6-12(5-10)16-3/h4-6,9,13-14H,7-8H2,1-3H3. The summed E-state index contributed by atoms with van der Waals surface area (Å²) in [5, 5.41) is 3.56. The van der Waals surface area contributed by atoms with Gasteiger partial charge in [-0.25, -0.2) is 0 Å². The van der Waals surface area contributed by atoms with E-state index in [9.17, 15) is 0 Å². The Morgan fingerprint density at radius 1 is 1.12 bits per heavy atom. The first-order valence-corrected chi connectivity index (χ1v) is 6.95. The molecule has 0 aliphatic carbocycles. The summed E-state index contributed by atoms with van der Waals surface area (Å²) < 4.78 is 10.5. The van der Waals surface area contributed by atoms with Crippen molar-refractivity contribution in [3.05, 3.63) is 18.2 Å². The molecule has 0 aromatic heterocycles. The van der Waals surface area contributed by atoms with E-state index in [4.69, 9.17) is 9.47 Å². The average Bonchev–Trinajstić information content (AvgIpc) is 2.74. The van der Waals surface area contributed by atoms with Crippen molar-refractivity contribution >= 4 is 17.4 Å². The smallest absolute Gasteiger partial charge is 0.124 e. The van der Waals surface area contributed by atoms with E-state index in [1.54, 1.807) is 14.2 Å². The molecule has 0 spiro atoms. The highest BCUT2D eigenvalue weighted by atomic mass is 32.2. The predicted molar refractivity (Wildman–Crippen MR) is 73.4 cm³/mol. The van der Waals surface area contributed by atoms with Gasteiger partial charge in [0.1, 0.15) is 11.5 Å². The van der Waals surface area contributed by atoms with Gasteiger partial charge in [0.05, 0.1) is 14.2 Å². The Morgan fingerprint density at radius 3 is 2.24 bits per heavy atom. The number of thioether (sulfide) groups is 1. The molecule has 1 aliphatic rings. The molecule has 1 heterocycles. The first-order chi connectivity index (χ1) is 8.22. The van der Waals surface area contributed by atoms with Crippen LogP contribution in [0.1, 0.15) is 6.92 Å². The van der Waals surface area contributed by atoms with Gasteiger partial charge in [0, 0.05) is 35.7 Å². The molecule has 2 unspecified atom stereocenters. The van der Waals surface area contributed by atoms with Crippen LogP contribution in [0.15, 0.2) is 18.2 Å². The molecule has 1 aliphatic heterocycles. The van der Waals surface area contributed by atoms with Gasteiger partial charge in [-0.3, -0.25) is 0 Å². The van der Waals surface area contributed by atoms with E-state index in [0.29, 0.717) is 12.0 Å². The van der Waals surface area contributed by atoms with Gasteiger partial charge in [-0.15, -0.1) is 0 Å².